The van der Waals surface area contributed by atoms with Crippen LogP contribution in [0.2, 0.25) is 0 Å². The van der Waals surface area contributed by atoms with Gasteiger partial charge in [0.15, 0.2) is 0 Å². The van der Waals surface area contributed by atoms with Crippen molar-refractivity contribution < 1.29 is 15.0 Å². The normalized spacial score (nSPS) is 42.6. The van der Waals surface area contributed by atoms with Gasteiger partial charge in [0.05, 0.1) is 5.54 Å². The first-order valence-corrected chi connectivity index (χ1v) is 15.5. The molecule has 0 radical (unpaired) electrons. The standard InChI is InChI=1S/C32H50N2O3/c35-24-25-16-12-8-4-3-6-10-14-19-33-21-18-28-26-22-27(25)30(33)32(28)31(37)29(36)17-13-9-5-1-2-7-11-15-20-34(32)23-26/h2,5,7,9,13,17,24-31,36-37H,1,3-4,6,8,10-12,14-16,18-23H2. The van der Waals surface area contributed by atoms with Crippen LogP contribution in [0.25, 0.3) is 0 Å². The van der Waals surface area contributed by atoms with Crippen molar-refractivity contribution in [2.75, 3.05) is 26.2 Å². The van der Waals surface area contributed by atoms with Crippen LogP contribution in [0.15, 0.2) is 36.5 Å². The number of hydrogen-bond donors (Lipinski definition) is 2. The van der Waals surface area contributed by atoms with Gasteiger partial charge in [0.1, 0.15) is 18.5 Å². The summed E-state index contributed by atoms with van der Waals surface area (Å²) in [6.07, 6.45) is 26.6. The second-order valence-corrected chi connectivity index (χ2v) is 12.5. The molecular formula is C32H50N2O3. The number of aliphatic hydroxyl groups is 2. The Kier molecular flexibility index (Phi) is 9.39. The Balaban J connectivity index is 1.57. The lowest BCUT2D eigenvalue weighted by molar-refractivity contribution is -0.174. The van der Waals surface area contributed by atoms with E-state index in [1.54, 1.807) is 6.08 Å². The fourth-order valence-corrected chi connectivity index (χ4v) is 9.02. The van der Waals surface area contributed by atoms with Gasteiger partial charge in [-0.1, -0.05) is 75.0 Å². The van der Waals surface area contributed by atoms with Crippen LogP contribution in [0.3, 0.4) is 0 Å². The average molecular weight is 511 g/mol. The third-order valence-electron chi connectivity index (χ3n) is 10.5. The van der Waals surface area contributed by atoms with Crippen molar-refractivity contribution in [1.29, 1.82) is 0 Å². The van der Waals surface area contributed by atoms with Crippen LogP contribution < -0.4 is 0 Å². The van der Waals surface area contributed by atoms with Crippen LogP contribution in [-0.4, -0.2) is 76.3 Å². The number of carbonyl (C=O) groups excluding carboxylic acids is 1. The highest BCUT2D eigenvalue weighted by Crippen LogP contribution is 2.59. The average Bonchev–Trinajstić information content (AvgIpc) is 3.13. The monoisotopic (exact) mass is 510 g/mol. The summed E-state index contributed by atoms with van der Waals surface area (Å²) in [5, 5.41) is 23.6. The van der Waals surface area contributed by atoms with Gasteiger partial charge in [-0.05, 0) is 82.3 Å². The minimum Gasteiger partial charge on any atom is -0.388 e. The molecule has 8 unspecified atom stereocenters. The molecule has 5 aliphatic rings. The topological polar surface area (TPSA) is 64.0 Å². The highest BCUT2D eigenvalue weighted by molar-refractivity contribution is 5.55. The number of nitrogens with zero attached hydrogens (tertiary/aromatic N) is 2. The summed E-state index contributed by atoms with van der Waals surface area (Å²) in [5.41, 5.74) is -0.491. The van der Waals surface area contributed by atoms with E-state index >= 15 is 0 Å². The molecule has 37 heavy (non-hydrogen) atoms. The van der Waals surface area contributed by atoms with Gasteiger partial charge in [-0.2, -0.15) is 0 Å². The first kappa shape index (κ1) is 27.3. The molecular weight excluding hydrogens is 460 g/mol. The van der Waals surface area contributed by atoms with Crippen molar-refractivity contribution >= 4 is 6.29 Å². The minimum absolute atomic E-state index is 0.0467. The van der Waals surface area contributed by atoms with Gasteiger partial charge in [-0.15, -0.1) is 0 Å². The molecule has 5 heteroatoms. The van der Waals surface area contributed by atoms with Gasteiger partial charge >= 0.3 is 0 Å². The molecule has 3 saturated heterocycles. The number of rotatable bonds is 1. The minimum atomic E-state index is -0.912. The Morgan fingerprint density at radius 3 is 2.49 bits per heavy atom. The molecule has 0 aromatic heterocycles. The molecule has 0 aromatic rings. The zero-order chi connectivity index (χ0) is 25.7. The summed E-state index contributed by atoms with van der Waals surface area (Å²) in [4.78, 5) is 17.9. The molecule has 8 atom stereocenters. The van der Waals surface area contributed by atoms with Crippen LogP contribution in [0.4, 0.5) is 0 Å². The number of hydrogen-bond acceptors (Lipinski definition) is 5. The maximum absolute atomic E-state index is 12.7. The quantitative estimate of drug-likeness (QED) is 0.388. The Labute approximate surface area is 224 Å². The molecule has 4 aliphatic heterocycles. The van der Waals surface area contributed by atoms with Crippen molar-refractivity contribution in [3.05, 3.63) is 36.5 Å². The van der Waals surface area contributed by atoms with Crippen LogP contribution in [0.5, 0.6) is 0 Å². The molecule has 1 aliphatic carbocycles. The molecule has 4 bridgehead atoms. The molecule has 5 rings (SSSR count). The predicted octanol–water partition coefficient (Wildman–Crippen LogP) is 4.89. The third-order valence-corrected chi connectivity index (χ3v) is 10.5. The van der Waals surface area contributed by atoms with Gasteiger partial charge < -0.3 is 15.0 Å². The molecule has 4 heterocycles. The van der Waals surface area contributed by atoms with Gasteiger partial charge in [0.25, 0.3) is 0 Å². The maximum atomic E-state index is 12.7. The van der Waals surface area contributed by atoms with Crippen LogP contribution in [-0.2, 0) is 4.79 Å². The smallest absolute Gasteiger partial charge is 0.123 e. The summed E-state index contributed by atoms with van der Waals surface area (Å²) in [7, 11) is 0. The maximum Gasteiger partial charge on any atom is 0.123 e. The van der Waals surface area contributed by atoms with Crippen LogP contribution in [0, 0.1) is 23.7 Å². The van der Waals surface area contributed by atoms with Crippen LogP contribution >= 0.6 is 0 Å². The Hall–Kier alpha value is -1.27. The molecule has 1 spiro atoms. The van der Waals surface area contributed by atoms with E-state index in [9.17, 15) is 15.0 Å². The first-order valence-electron chi connectivity index (χ1n) is 15.5. The summed E-state index contributed by atoms with van der Waals surface area (Å²) >= 11 is 0. The van der Waals surface area contributed by atoms with E-state index in [2.05, 4.69) is 28.0 Å². The molecule has 5 nitrogen and oxygen atoms in total. The first-order chi connectivity index (χ1) is 18.2. The lowest BCUT2D eigenvalue weighted by Gasteiger charge is -2.63. The van der Waals surface area contributed by atoms with Crippen molar-refractivity contribution in [2.24, 2.45) is 23.7 Å². The van der Waals surface area contributed by atoms with Gasteiger partial charge in [0.2, 0.25) is 0 Å². The Morgan fingerprint density at radius 1 is 0.838 bits per heavy atom. The van der Waals surface area contributed by atoms with Crippen molar-refractivity contribution in [2.45, 2.75) is 107 Å². The van der Waals surface area contributed by atoms with E-state index in [0.717, 1.165) is 71.1 Å². The second kappa shape index (κ2) is 12.7. The second-order valence-electron chi connectivity index (χ2n) is 12.5. The van der Waals surface area contributed by atoms with Gasteiger partial charge in [0, 0.05) is 18.5 Å². The third kappa shape index (κ3) is 5.44. The largest absolute Gasteiger partial charge is 0.388 e. The number of allylic oxidation sites excluding steroid dienone is 5. The Morgan fingerprint density at radius 2 is 1.65 bits per heavy atom. The predicted molar refractivity (Wildman–Crippen MR) is 149 cm³/mol. The van der Waals surface area contributed by atoms with Crippen molar-refractivity contribution in [3.8, 4) is 0 Å². The summed E-state index contributed by atoms with van der Waals surface area (Å²) in [6.45, 7) is 4.05. The molecule has 4 fully saturated rings. The summed E-state index contributed by atoms with van der Waals surface area (Å²) < 4.78 is 0. The fraction of sp³-hybridized carbons (Fsp3) is 0.781. The molecule has 0 amide bonds. The van der Waals surface area contributed by atoms with E-state index in [4.69, 9.17) is 0 Å². The van der Waals surface area contributed by atoms with Crippen LogP contribution in [0.1, 0.15) is 83.5 Å². The highest BCUT2D eigenvalue weighted by Gasteiger charge is 2.69. The molecule has 0 aromatic carbocycles. The SMILES string of the molecule is O=CC1CCCCCCCCCN2CCC3C4CC1C2C31C(O)C(O)C=CC=CCC=CCCCN1C4. The van der Waals surface area contributed by atoms with Gasteiger partial charge in [-0.3, -0.25) is 9.80 Å². The highest BCUT2D eigenvalue weighted by atomic mass is 16.3. The molecule has 2 N–H and O–H groups in total. The van der Waals surface area contributed by atoms with E-state index in [-0.39, 0.29) is 17.9 Å². The zero-order valence-corrected chi connectivity index (χ0v) is 22.8. The summed E-state index contributed by atoms with van der Waals surface area (Å²) in [6, 6.07) is 0.123. The summed E-state index contributed by atoms with van der Waals surface area (Å²) in [5.74, 6) is 1.18. The zero-order valence-electron chi connectivity index (χ0n) is 22.8. The lowest BCUT2D eigenvalue weighted by Crippen LogP contribution is -2.76. The molecule has 1 saturated carbocycles. The Bertz CT molecular complexity index is 840. The van der Waals surface area contributed by atoms with E-state index in [1.165, 1.54) is 44.8 Å². The van der Waals surface area contributed by atoms with E-state index < -0.39 is 17.7 Å². The van der Waals surface area contributed by atoms with E-state index in [1.807, 2.05) is 12.2 Å². The van der Waals surface area contributed by atoms with Crippen molar-refractivity contribution in [1.82, 2.24) is 9.80 Å². The molecule has 206 valence electrons. The van der Waals surface area contributed by atoms with E-state index in [0.29, 0.717) is 11.8 Å². The number of aldehydes is 1. The fourth-order valence-electron chi connectivity index (χ4n) is 9.02. The lowest BCUT2D eigenvalue weighted by atomic mass is 9.54. The number of carbonyl (C=O) groups is 1. The van der Waals surface area contributed by atoms with Crippen molar-refractivity contribution in [3.63, 3.8) is 0 Å². The van der Waals surface area contributed by atoms with Gasteiger partial charge in [-0.25, -0.2) is 0 Å². The number of piperidine rings is 1. The number of aliphatic hydroxyl groups excluding tert-OH is 2.